The molecule has 9 nitrogen and oxygen atoms in total. The molecule has 0 bridgehead atoms. The smallest absolute Gasteiger partial charge is 0.271 e. The van der Waals surface area contributed by atoms with Gasteiger partial charge in [-0.1, -0.05) is 36.2 Å². The lowest BCUT2D eigenvalue weighted by atomic mass is 9.93. The normalized spacial score (nSPS) is 20.2. The lowest BCUT2D eigenvalue weighted by Crippen LogP contribution is -2.58. The molecule has 2 fully saturated rings. The van der Waals surface area contributed by atoms with E-state index >= 15 is 0 Å². The van der Waals surface area contributed by atoms with Crippen molar-refractivity contribution in [2.45, 2.75) is 70.7 Å². The quantitative estimate of drug-likeness (QED) is 0.446. The highest BCUT2D eigenvalue weighted by Gasteiger charge is 2.34. The van der Waals surface area contributed by atoms with E-state index in [1.165, 1.54) is 5.56 Å². The topological polar surface area (TPSA) is 125 Å². The summed E-state index contributed by atoms with van der Waals surface area (Å²) in [5.41, 5.74) is 12.7. The van der Waals surface area contributed by atoms with Crippen molar-refractivity contribution in [3.63, 3.8) is 0 Å². The summed E-state index contributed by atoms with van der Waals surface area (Å²) in [6.45, 7) is 11.2. The van der Waals surface area contributed by atoms with Crippen LogP contribution in [0.25, 0.3) is 0 Å². The Morgan fingerprint density at radius 3 is 2.47 bits per heavy atom. The molecule has 2 saturated heterocycles. The maximum absolute atomic E-state index is 11.5. The Bertz CT molecular complexity index is 1150. The van der Waals surface area contributed by atoms with Crippen LogP contribution in [0.1, 0.15) is 61.6 Å². The van der Waals surface area contributed by atoms with E-state index in [0.29, 0.717) is 29.3 Å². The first-order valence-electron chi connectivity index (χ1n) is 13.3. The van der Waals surface area contributed by atoms with Gasteiger partial charge < -0.3 is 21.5 Å². The molecule has 1 aromatic carbocycles. The summed E-state index contributed by atoms with van der Waals surface area (Å²) in [6, 6.07) is 6.89. The summed E-state index contributed by atoms with van der Waals surface area (Å²) in [5.74, 6) is -0.228. The minimum Gasteiger partial charge on any atom is -0.390 e. The first-order chi connectivity index (χ1) is 17.9. The number of rotatable bonds is 8. The number of anilines is 2. The van der Waals surface area contributed by atoms with E-state index in [0.717, 1.165) is 64.1 Å². The molecule has 4 rings (SSSR count). The van der Waals surface area contributed by atoms with Gasteiger partial charge in [-0.25, -0.2) is 9.97 Å². The number of carbonyl (C=O) groups excluding carboxylic acids is 1. The Hall–Kier alpha value is -2.17. The lowest BCUT2D eigenvalue weighted by Gasteiger charge is -2.47. The summed E-state index contributed by atoms with van der Waals surface area (Å²) in [5, 5.41) is 11.2. The number of halogens is 2. The van der Waals surface area contributed by atoms with Crippen LogP contribution in [0.5, 0.6) is 0 Å². The molecule has 38 heavy (non-hydrogen) atoms. The lowest BCUT2D eigenvalue weighted by molar-refractivity contribution is 0.0605. The molecule has 3 heterocycles. The van der Waals surface area contributed by atoms with Gasteiger partial charge in [-0.05, 0) is 69.5 Å². The number of hydrogen-bond donors (Lipinski definition) is 3. The number of nitrogens with two attached hydrogens (primary N) is 2. The number of nitrogens with zero attached hydrogens (tertiary/aromatic N) is 5. The van der Waals surface area contributed by atoms with Crippen LogP contribution in [-0.2, 0) is 13.0 Å². The first kappa shape index (κ1) is 28.8. The second kappa shape index (κ2) is 11.9. The number of benzene rings is 1. The maximum Gasteiger partial charge on any atom is 0.271 e. The molecule has 2 aliphatic heterocycles. The van der Waals surface area contributed by atoms with Crippen molar-refractivity contribution in [3.05, 3.63) is 45.2 Å². The van der Waals surface area contributed by atoms with E-state index in [1.807, 2.05) is 26.0 Å². The summed E-state index contributed by atoms with van der Waals surface area (Å²) < 4.78 is 0. The molecule has 0 saturated carbocycles. The zero-order valence-electron chi connectivity index (χ0n) is 22.5. The molecule has 0 unspecified atom stereocenters. The van der Waals surface area contributed by atoms with Crippen molar-refractivity contribution in [1.82, 2.24) is 19.8 Å². The largest absolute Gasteiger partial charge is 0.390 e. The van der Waals surface area contributed by atoms with E-state index in [-0.39, 0.29) is 16.7 Å². The molecule has 0 radical (unpaired) electrons. The van der Waals surface area contributed by atoms with Crippen LogP contribution in [0.2, 0.25) is 10.2 Å². The van der Waals surface area contributed by atoms with E-state index in [9.17, 15) is 9.90 Å². The molecule has 11 heteroatoms. The standard InChI is InChI=1S/C27H39Cl2N7O2/c1-4-20-16-35(26-23(29)32-22(25(31)37)24(30)33-26)11-12-36(20)21-7-9-34(10-8-21)15-17-5-6-19(28)13-18(17)14-27(2,3)38/h5-6,13,20-21,38H,4,7-12,14-16H2,1-3H3,(H2,30,33)(H2,31,37)/t20-/m0/s1. The number of nitrogen functional groups attached to an aromatic ring is 1. The zero-order chi connectivity index (χ0) is 27.6. The predicted molar refractivity (Wildman–Crippen MR) is 153 cm³/mol. The fourth-order valence-electron chi connectivity index (χ4n) is 5.74. The molecule has 1 amide bonds. The average molecular weight is 565 g/mol. The first-order valence-corrected chi connectivity index (χ1v) is 14.1. The maximum atomic E-state index is 11.5. The molecular formula is C27H39Cl2N7O2. The summed E-state index contributed by atoms with van der Waals surface area (Å²) in [6.07, 6.45) is 3.78. The van der Waals surface area contributed by atoms with E-state index < -0.39 is 11.5 Å². The minimum absolute atomic E-state index is 0.00569. The number of piperazine rings is 1. The van der Waals surface area contributed by atoms with Crippen molar-refractivity contribution in [3.8, 4) is 0 Å². The molecule has 0 spiro atoms. The molecule has 2 aliphatic rings. The van der Waals surface area contributed by atoms with Gasteiger partial charge in [-0.3, -0.25) is 14.6 Å². The molecule has 2 aromatic rings. The Morgan fingerprint density at radius 2 is 1.84 bits per heavy atom. The number of hydrogen-bond acceptors (Lipinski definition) is 8. The molecular weight excluding hydrogens is 525 g/mol. The number of aromatic nitrogens is 2. The van der Waals surface area contributed by atoms with E-state index in [1.54, 1.807) is 0 Å². The molecule has 1 aromatic heterocycles. The summed E-state index contributed by atoms with van der Waals surface area (Å²) in [4.78, 5) is 27.3. The van der Waals surface area contributed by atoms with Crippen molar-refractivity contribution in [1.29, 1.82) is 0 Å². The average Bonchev–Trinajstić information content (AvgIpc) is 2.86. The van der Waals surface area contributed by atoms with Crippen molar-refractivity contribution in [2.75, 3.05) is 43.4 Å². The van der Waals surface area contributed by atoms with Gasteiger partial charge >= 0.3 is 0 Å². The third-order valence-corrected chi connectivity index (χ3v) is 8.10. The fraction of sp³-hybridized carbons (Fsp3) is 0.593. The number of piperidine rings is 1. The Balaban J connectivity index is 1.37. The van der Waals surface area contributed by atoms with Crippen molar-refractivity contribution >= 4 is 40.7 Å². The second-order valence-electron chi connectivity index (χ2n) is 11.1. The number of likely N-dealkylation sites (tertiary alicyclic amines) is 1. The highest BCUT2D eigenvalue weighted by atomic mass is 35.5. The highest BCUT2D eigenvalue weighted by molar-refractivity contribution is 6.32. The van der Waals surface area contributed by atoms with Crippen LogP contribution in [0.3, 0.4) is 0 Å². The van der Waals surface area contributed by atoms with Gasteiger partial charge in [0, 0.05) is 49.7 Å². The van der Waals surface area contributed by atoms with Gasteiger partial charge in [-0.2, -0.15) is 0 Å². The van der Waals surface area contributed by atoms with Crippen LogP contribution in [-0.4, -0.2) is 81.2 Å². The fourth-order valence-corrected chi connectivity index (χ4v) is 6.18. The van der Waals surface area contributed by atoms with Gasteiger partial charge in [0.15, 0.2) is 22.5 Å². The molecule has 5 N–H and O–H groups in total. The molecule has 0 aliphatic carbocycles. The van der Waals surface area contributed by atoms with Gasteiger partial charge in [0.1, 0.15) is 0 Å². The summed E-state index contributed by atoms with van der Waals surface area (Å²) in [7, 11) is 0. The third-order valence-electron chi connectivity index (χ3n) is 7.61. The van der Waals surface area contributed by atoms with E-state index in [2.05, 4.69) is 37.7 Å². The monoisotopic (exact) mass is 563 g/mol. The Morgan fingerprint density at radius 1 is 1.13 bits per heavy atom. The molecule has 1 atom stereocenters. The van der Waals surface area contributed by atoms with Gasteiger partial charge in [-0.15, -0.1) is 0 Å². The molecule has 208 valence electrons. The van der Waals surface area contributed by atoms with E-state index in [4.69, 9.17) is 34.7 Å². The third kappa shape index (κ3) is 6.87. The van der Waals surface area contributed by atoms with Crippen LogP contribution in [0.4, 0.5) is 11.6 Å². The van der Waals surface area contributed by atoms with Crippen molar-refractivity contribution in [2.24, 2.45) is 5.73 Å². The van der Waals surface area contributed by atoms with Gasteiger partial charge in [0.2, 0.25) is 0 Å². The Labute approximate surface area is 235 Å². The predicted octanol–water partition coefficient (Wildman–Crippen LogP) is 3.34. The van der Waals surface area contributed by atoms with Crippen LogP contribution < -0.4 is 16.4 Å². The van der Waals surface area contributed by atoms with Crippen LogP contribution >= 0.6 is 23.2 Å². The van der Waals surface area contributed by atoms with Crippen LogP contribution in [0, 0.1) is 0 Å². The number of carbonyl (C=O) groups is 1. The second-order valence-corrected chi connectivity index (χ2v) is 11.9. The number of primary amides is 1. The number of amides is 1. The Kier molecular flexibility index (Phi) is 9.04. The highest BCUT2D eigenvalue weighted by Crippen LogP contribution is 2.30. The van der Waals surface area contributed by atoms with Gasteiger partial charge in [0.05, 0.1) is 5.60 Å². The van der Waals surface area contributed by atoms with Gasteiger partial charge in [0.25, 0.3) is 5.91 Å². The van der Waals surface area contributed by atoms with Crippen molar-refractivity contribution < 1.29 is 9.90 Å². The zero-order valence-corrected chi connectivity index (χ0v) is 24.0. The minimum atomic E-state index is -0.783. The number of aliphatic hydroxyl groups is 1. The SMILES string of the molecule is CC[C@H]1CN(c2nc(N)c(C(N)=O)nc2Cl)CCN1C1CCN(Cc2ccc(Cl)cc2CC(C)(C)O)CC1. The van der Waals surface area contributed by atoms with Crippen LogP contribution in [0.15, 0.2) is 18.2 Å². The summed E-state index contributed by atoms with van der Waals surface area (Å²) >= 11 is 12.6.